The summed E-state index contributed by atoms with van der Waals surface area (Å²) in [7, 11) is 0. The number of carboxylic acid groups (broad SMARTS) is 1. The molecule has 4 atom stereocenters. The van der Waals surface area contributed by atoms with Crippen molar-refractivity contribution in [2.45, 2.75) is 251 Å². The molecular formula is C53H94O19. The lowest BCUT2D eigenvalue weighted by Gasteiger charge is -2.43. The fourth-order valence-electron chi connectivity index (χ4n) is 8.30. The third-order valence-electron chi connectivity index (χ3n) is 13.3. The minimum atomic E-state index is -2.40. The molecule has 0 aromatic rings. The van der Waals surface area contributed by atoms with Crippen LogP contribution in [0.15, 0.2) is 0 Å². The molecule has 0 aromatic carbocycles. The van der Waals surface area contributed by atoms with E-state index in [2.05, 4.69) is 0 Å². The molecular weight excluding hydrogens is 941 g/mol. The molecule has 1 rings (SSSR count). The summed E-state index contributed by atoms with van der Waals surface area (Å²) in [6.07, 6.45) is 3.54. The zero-order valence-corrected chi connectivity index (χ0v) is 47.4. The van der Waals surface area contributed by atoms with Crippen LogP contribution in [-0.4, -0.2) is 63.9 Å². The van der Waals surface area contributed by atoms with E-state index in [0.29, 0.717) is 38.5 Å². The van der Waals surface area contributed by atoms with E-state index in [1.54, 1.807) is 69.2 Å². The molecule has 0 aromatic heterocycles. The Bertz CT molecular complexity index is 1640. The van der Waals surface area contributed by atoms with E-state index in [1.165, 1.54) is 13.8 Å². The number of unbranched alkanes of at least 4 members (excludes halogenated alkanes) is 1. The van der Waals surface area contributed by atoms with E-state index >= 15 is 0 Å². The summed E-state index contributed by atoms with van der Waals surface area (Å²) in [5, 5.41) is 11.4. The van der Waals surface area contributed by atoms with Gasteiger partial charge in [0.15, 0.2) is 5.60 Å². The van der Waals surface area contributed by atoms with Crippen molar-refractivity contribution in [3.8, 4) is 0 Å². The van der Waals surface area contributed by atoms with E-state index in [-0.39, 0.29) is 50.4 Å². The maximum Gasteiger partial charge on any atom is 0.347 e. The standard InChI is InChI=1S/C53H94O19/c1-20-26-27-40(25-6)43(56)61-66-50(19,32-35(7)8)53(71-72-53)49(18,44(57)58)34-52(69-62-41(54)38(21-2)22-3,70-63-42(55)39(23-4)24-5)31-29-37(11)28-30-51(33-36(9)10,67-64-45(59)47(12,13)14)68-65-46(60)48(15,16)17/h35-40H,20-34H2,1-19H3,(H,57,58). The minimum absolute atomic E-state index is 0.0121. The monoisotopic (exact) mass is 1030 g/mol. The van der Waals surface area contributed by atoms with Gasteiger partial charge in [-0.2, -0.15) is 14.7 Å². The molecule has 4 unspecified atom stereocenters. The predicted molar refractivity (Wildman–Crippen MR) is 262 cm³/mol. The summed E-state index contributed by atoms with van der Waals surface area (Å²) in [4.78, 5) is 149. The van der Waals surface area contributed by atoms with Crippen LogP contribution in [0.2, 0.25) is 0 Å². The second kappa shape index (κ2) is 29.0. The summed E-state index contributed by atoms with van der Waals surface area (Å²) in [5.74, 6) is -14.0. The minimum Gasteiger partial charge on any atom is -0.481 e. The Balaban J connectivity index is 4.07. The average Bonchev–Trinajstić information content (AvgIpc) is 4.13. The topological polar surface area (TPSA) is 240 Å². The van der Waals surface area contributed by atoms with Crippen LogP contribution in [0.5, 0.6) is 0 Å². The van der Waals surface area contributed by atoms with E-state index < -0.39 is 105 Å². The molecule has 0 bridgehead atoms. The molecule has 19 heteroatoms. The normalized spacial score (nSPS) is 16.7. The van der Waals surface area contributed by atoms with Gasteiger partial charge in [0.05, 0.1) is 28.6 Å². The van der Waals surface area contributed by atoms with E-state index in [9.17, 15) is 33.9 Å². The molecule has 19 nitrogen and oxygen atoms in total. The first-order valence-electron chi connectivity index (χ1n) is 26.3. The van der Waals surface area contributed by atoms with Crippen LogP contribution in [-0.2, 0) is 87.4 Å². The van der Waals surface area contributed by atoms with Gasteiger partial charge in [-0.25, -0.2) is 24.0 Å². The zero-order chi connectivity index (χ0) is 55.5. The Morgan fingerprint density at radius 3 is 1.22 bits per heavy atom. The van der Waals surface area contributed by atoms with Crippen molar-refractivity contribution in [2.24, 2.45) is 51.8 Å². The molecule has 72 heavy (non-hydrogen) atoms. The fourth-order valence-corrected chi connectivity index (χ4v) is 8.30. The van der Waals surface area contributed by atoms with Crippen molar-refractivity contribution < 1.29 is 92.5 Å². The number of carboxylic acids is 1. The van der Waals surface area contributed by atoms with Gasteiger partial charge in [-0.3, -0.25) is 29.2 Å². The van der Waals surface area contributed by atoms with Crippen LogP contribution in [0.3, 0.4) is 0 Å². The van der Waals surface area contributed by atoms with Gasteiger partial charge in [0.25, 0.3) is 17.4 Å². The van der Waals surface area contributed by atoms with Gasteiger partial charge < -0.3 is 5.11 Å². The van der Waals surface area contributed by atoms with Crippen LogP contribution in [0, 0.1) is 51.8 Å². The van der Waals surface area contributed by atoms with E-state index in [0.717, 1.165) is 12.8 Å². The van der Waals surface area contributed by atoms with Crippen LogP contribution < -0.4 is 0 Å². The first-order valence-corrected chi connectivity index (χ1v) is 26.3. The molecule has 0 amide bonds. The van der Waals surface area contributed by atoms with Crippen LogP contribution in [0.25, 0.3) is 0 Å². The smallest absolute Gasteiger partial charge is 0.347 e. The third kappa shape index (κ3) is 19.3. The SMILES string of the molecule is CCCCC(CC)C(=O)OOC(C)(CC(C)C)C1(C(C)(CC(CCC(C)CCC(CC(C)C)(OOC(=O)C(C)(C)C)OOC(=O)C(C)(C)C)(OOC(=O)C(CC)CC)OOC(=O)C(CC)CC)C(=O)O)OO1. The van der Waals surface area contributed by atoms with Gasteiger partial charge in [-0.15, -0.1) is 19.6 Å². The van der Waals surface area contributed by atoms with Crippen molar-refractivity contribution in [3.05, 3.63) is 0 Å². The van der Waals surface area contributed by atoms with Crippen LogP contribution >= 0.6 is 0 Å². The Hall–Kier alpha value is -3.46. The molecule has 1 aliphatic rings. The van der Waals surface area contributed by atoms with Crippen molar-refractivity contribution in [1.82, 2.24) is 0 Å². The Labute approximate surface area is 429 Å². The molecule has 1 N–H and O–H groups in total. The van der Waals surface area contributed by atoms with E-state index in [1.807, 2.05) is 48.5 Å². The zero-order valence-electron chi connectivity index (χ0n) is 47.4. The highest BCUT2D eigenvalue weighted by Crippen LogP contribution is 2.60. The lowest BCUT2D eigenvalue weighted by atomic mass is 9.67. The Morgan fingerprint density at radius 2 is 0.875 bits per heavy atom. The first-order chi connectivity index (χ1) is 33.3. The summed E-state index contributed by atoms with van der Waals surface area (Å²) >= 11 is 0. The average molecular weight is 1040 g/mol. The van der Waals surface area contributed by atoms with Gasteiger partial charge in [0.1, 0.15) is 5.41 Å². The van der Waals surface area contributed by atoms with Gasteiger partial charge in [-0.05, 0) is 131 Å². The van der Waals surface area contributed by atoms with Crippen LogP contribution in [0.1, 0.15) is 228 Å². The summed E-state index contributed by atoms with van der Waals surface area (Å²) in [6, 6.07) is 0. The molecule has 1 heterocycles. The Kier molecular flexibility index (Phi) is 26.8. The number of carbonyl (C=O) groups excluding carboxylic acids is 5. The highest BCUT2D eigenvalue weighted by Gasteiger charge is 2.79. The molecule has 0 aliphatic carbocycles. The maximum atomic E-state index is 14.0. The third-order valence-corrected chi connectivity index (χ3v) is 13.3. The van der Waals surface area contributed by atoms with Gasteiger partial charge in [0, 0.05) is 25.7 Å². The number of carbonyl (C=O) groups is 6. The second-order valence-electron chi connectivity index (χ2n) is 23.2. The van der Waals surface area contributed by atoms with E-state index in [4.69, 9.17) is 58.7 Å². The quantitative estimate of drug-likeness (QED) is 0.0265. The summed E-state index contributed by atoms with van der Waals surface area (Å²) < 4.78 is 0. The molecule has 1 aliphatic heterocycles. The van der Waals surface area contributed by atoms with Crippen molar-refractivity contribution in [1.29, 1.82) is 0 Å². The molecule has 1 fully saturated rings. The predicted octanol–water partition coefficient (Wildman–Crippen LogP) is 12.1. The highest BCUT2D eigenvalue weighted by molar-refractivity contribution is 5.77. The highest BCUT2D eigenvalue weighted by atomic mass is 17.4. The van der Waals surface area contributed by atoms with Gasteiger partial charge >= 0.3 is 35.8 Å². The first kappa shape index (κ1) is 66.6. The molecule has 0 saturated carbocycles. The molecule has 420 valence electrons. The number of aliphatic carboxylic acids is 1. The molecule has 0 spiro atoms. The van der Waals surface area contributed by atoms with Crippen LogP contribution in [0.4, 0.5) is 0 Å². The van der Waals surface area contributed by atoms with Crippen molar-refractivity contribution in [2.75, 3.05) is 0 Å². The largest absolute Gasteiger partial charge is 0.481 e. The molecule has 0 radical (unpaired) electrons. The Morgan fingerprint density at radius 1 is 0.500 bits per heavy atom. The van der Waals surface area contributed by atoms with Crippen molar-refractivity contribution in [3.63, 3.8) is 0 Å². The summed E-state index contributed by atoms with van der Waals surface area (Å²) in [5.41, 5.74) is -6.03. The number of rotatable bonds is 36. The molecule has 1 saturated heterocycles. The van der Waals surface area contributed by atoms with Crippen molar-refractivity contribution >= 4 is 35.8 Å². The second-order valence-corrected chi connectivity index (χ2v) is 23.2. The number of hydrogen-bond acceptors (Lipinski definition) is 18. The lowest BCUT2D eigenvalue weighted by molar-refractivity contribution is -0.492. The fraction of sp³-hybridized carbons (Fsp3) is 0.887. The number of hydrogen-bond donors (Lipinski definition) is 1. The lowest BCUT2D eigenvalue weighted by Crippen LogP contribution is -2.61. The van der Waals surface area contributed by atoms with Gasteiger partial charge in [0.2, 0.25) is 0 Å². The van der Waals surface area contributed by atoms with Gasteiger partial charge in [-0.1, -0.05) is 89.0 Å². The summed E-state index contributed by atoms with van der Waals surface area (Å²) in [6.45, 7) is 33.0. The maximum absolute atomic E-state index is 14.0.